The molecule has 0 saturated carbocycles. The van der Waals surface area contributed by atoms with Crippen LogP contribution in [-0.4, -0.2) is 32.2 Å². The van der Waals surface area contributed by atoms with Crippen molar-refractivity contribution in [3.63, 3.8) is 0 Å². The lowest BCUT2D eigenvalue weighted by molar-refractivity contribution is -0.119. The van der Waals surface area contributed by atoms with Gasteiger partial charge in [0.15, 0.2) is 0 Å². The van der Waals surface area contributed by atoms with Crippen molar-refractivity contribution in [2.75, 3.05) is 31.2 Å². The first-order valence-electron chi connectivity index (χ1n) is 5.66. The standard InChI is InChI=1S/C12H17N3O2/c13-11(12(14)16)9-3-1-2-4-10(9)15-5-7-17-8-6-15/h1-4,11H,5-8,13H2,(H2,14,16). The summed E-state index contributed by atoms with van der Waals surface area (Å²) in [6, 6.07) is 6.85. The molecule has 5 nitrogen and oxygen atoms in total. The SMILES string of the molecule is NC(=O)C(N)c1ccccc1N1CCOCC1. The molecule has 1 fully saturated rings. The molecule has 0 aliphatic carbocycles. The molecule has 1 saturated heterocycles. The molecule has 1 unspecified atom stereocenters. The third-order valence-electron chi connectivity index (χ3n) is 2.93. The minimum absolute atomic E-state index is 0.509. The third-order valence-corrected chi connectivity index (χ3v) is 2.93. The van der Waals surface area contributed by atoms with E-state index in [1.807, 2.05) is 24.3 Å². The molecule has 1 aliphatic heterocycles. The molecule has 5 heteroatoms. The second kappa shape index (κ2) is 5.16. The van der Waals surface area contributed by atoms with Crippen molar-refractivity contribution >= 4 is 11.6 Å². The van der Waals surface area contributed by atoms with Crippen LogP contribution in [0, 0.1) is 0 Å². The maximum absolute atomic E-state index is 11.2. The van der Waals surface area contributed by atoms with Crippen molar-refractivity contribution in [2.24, 2.45) is 11.5 Å². The topological polar surface area (TPSA) is 81.6 Å². The summed E-state index contributed by atoms with van der Waals surface area (Å²) in [4.78, 5) is 13.4. The van der Waals surface area contributed by atoms with Crippen molar-refractivity contribution in [3.8, 4) is 0 Å². The molecule has 1 aromatic rings. The van der Waals surface area contributed by atoms with Crippen molar-refractivity contribution in [2.45, 2.75) is 6.04 Å². The van der Waals surface area contributed by atoms with Crippen molar-refractivity contribution in [3.05, 3.63) is 29.8 Å². The highest BCUT2D eigenvalue weighted by Crippen LogP contribution is 2.25. The number of nitrogens with two attached hydrogens (primary N) is 2. The molecule has 1 aliphatic rings. The molecule has 1 amide bonds. The smallest absolute Gasteiger partial charge is 0.239 e. The Kier molecular flexibility index (Phi) is 3.61. The van der Waals surface area contributed by atoms with Crippen LogP contribution in [0.5, 0.6) is 0 Å². The van der Waals surface area contributed by atoms with Crippen LogP contribution in [0.1, 0.15) is 11.6 Å². The largest absolute Gasteiger partial charge is 0.378 e. The Bertz CT molecular complexity index is 402. The zero-order valence-corrected chi connectivity index (χ0v) is 9.63. The number of benzene rings is 1. The number of amides is 1. The number of rotatable bonds is 3. The number of nitrogens with zero attached hydrogens (tertiary/aromatic N) is 1. The summed E-state index contributed by atoms with van der Waals surface area (Å²) in [5, 5.41) is 0. The Morgan fingerprint density at radius 2 is 1.94 bits per heavy atom. The Labute approximate surface area is 100 Å². The number of carbonyl (C=O) groups excluding carboxylic acids is 1. The van der Waals surface area contributed by atoms with Crippen LogP contribution < -0.4 is 16.4 Å². The lowest BCUT2D eigenvalue weighted by Crippen LogP contribution is -2.38. The second-order valence-corrected chi connectivity index (χ2v) is 4.04. The van der Waals surface area contributed by atoms with Gasteiger partial charge < -0.3 is 21.1 Å². The van der Waals surface area contributed by atoms with Gasteiger partial charge in [-0.25, -0.2) is 0 Å². The number of hydrogen-bond donors (Lipinski definition) is 2. The van der Waals surface area contributed by atoms with Crippen molar-refractivity contribution < 1.29 is 9.53 Å². The second-order valence-electron chi connectivity index (χ2n) is 4.04. The van der Waals surface area contributed by atoms with Crippen LogP contribution in [-0.2, 0) is 9.53 Å². The molecule has 92 valence electrons. The molecule has 0 radical (unpaired) electrons. The molecular weight excluding hydrogens is 218 g/mol. The van der Waals surface area contributed by atoms with E-state index in [0.717, 1.165) is 24.3 Å². The predicted molar refractivity (Wildman–Crippen MR) is 65.6 cm³/mol. The van der Waals surface area contributed by atoms with Gasteiger partial charge in [0.05, 0.1) is 13.2 Å². The van der Waals surface area contributed by atoms with E-state index in [0.29, 0.717) is 13.2 Å². The predicted octanol–water partition coefficient (Wildman–Crippen LogP) is 0.00830. The first-order valence-corrected chi connectivity index (χ1v) is 5.66. The highest BCUT2D eigenvalue weighted by Gasteiger charge is 2.20. The molecule has 0 spiro atoms. The van der Waals surface area contributed by atoms with E-state index in [9.17, 15) is 4.79 Å². The van der Waals surface area contributed by atoms with Gasteiger partial charge >= 0.3 is 0 Å². The minimum Gasteiger partial charge on any atom is -0.378 e. The van der Waals surface area contributed by atoms with E-state index in [2.05, 4.69) is 4.90 Å². The van der Waals surface area contributed by atoms with Gasteiger partial charge in [-0.05, 0) is 6.07 Å². The van der Waals surface area contributed by atoms with Gasteiger partial charge in [-0.3, -0.25) is 4.79 Å². The van der Waals surface area contributed by atoms with E-state index >= 15 is 0 Å². The molecule has 1 atom stereocenters. The molecule has 0 bridgehead atoms. The van der Waals surface area contributed by atoms with Gasteiger partial charge in [0.2, 0.25) is 5.91 Å². The molecule has 1 aromatic carbocycles. The molecule has 4 N–H and O–H groups in total. The Hall–Kier alpha value is -1.59. The molecule has 2 rings (SSSR count). The lowest BCUT2D eigenvalue weighted by atomic mass is 10.0. The van der Waals surface area contributed by atoms with Gasteiger partial charge in [0, 0.05) is 24.3 Å². The average Bonchev–Trinajstić information content (AvgIpc) is 2.39. The molecule has 1 heterocycles. The number of primary amides is 1. The summed E-state index contributed by atoms with van der Waals surface area (Å²) < 4.78 is 5.30. The van der Waals surface area contributed by atoms with Crippen LogP contribution in [0.4, 0.5) is 5.69 Å². The maximum Gasteiger partial charge on any atom is 0.239 e. The number of ether oxygens (including phenoxy) is 1. The monoisotopic (exact) mass is 235 g/mol. The van der Waals surface area contributed by atoms with Crippen LogP contribution in [0.2, 0.25) is 0 Å². The van der Waals surface area contributed by atoms with Crippen molar-refractivity contribution in [1.29, 1.82) is 0 Å². The van der Waals surface area contributed by atoms with Gasteiger partial charge in [0.25, 0.3) is 0 Å². The lowest BCUT2D eigenvalue weighted by Gasteiger charge is -2.31. The van der Waals surface area contributed by atoms with E-state index in [-0.39, 0.29) is 0 Å². The first kappa shape index (κ1) is 11.9. The Morgan fingerprint density at radius 1 is 1.29 bits per heavy atom. The number of anilines is 1. The zero-order chi connectivity index (χ0) is 12.3. The molecule has 0 aromatic heterocycles. The first-order chi connectivity index (χ1) is 8.20. The third kappa shape index (κ3) is 2.57. The number of hydrogen-bond acceptors (Lipinski definition) is 4. The summed E-state index contributed by atoms with van der Waals surface area (Å²) >= 11 is 0. The van der Waals surface area contributed by atoms with Gasteiger partial charge in [0.1, 0.15) is 6.04 Å². The van der Waals surface area contributed by atoms with Crippen LogP contribution in [0.25, 0.3) is 0 Å². The Morgan fingerprint density at radius 3 is 2.59 bits per heavy atom. The summed E-state index contributed by atoms with van der Waals surface area (Å²) in [6.45, 7) is 3.01. The van der Waals surface area contributed by atoms with Crippen LogP contribution >= 0.6 is 0 Å². The van der Waals surface area contributed by atoms with Crippen LogP contribution in [0.3, 0.4) is 0 Å². The summed E-state index contributed by atoms with van der Waals surface area (Å²) in [5.74, 6) is -0.509. The summed E-state index contributed by atoms with van der Waals surface area (Å²) in [5.41, 5.74) is 12.8. The highest BCUT2D eigenvalue weighted by atomic mass is 16.5. The Balaban J connectivity index is 2.29. The average molecular weight is 235 g/mol. The van der Waals surface area contributed by atoms with Gasteiger partial charge in [-0.15, -0.1) is 0 Å². The number of para-hydroxylation sites is 1. The van der Waals surface area contributed by atoms with E-state index in [1.165, 1.54) is 0 Å². The normalized spacial score (nSPS) is 17.8. The fourth-order valence-corrected chi connectivity index (χ4v) is 2.00. The summed E-state index contributed by atoms with van der Waals surface area (Å²) in [6.07, 6.45) is 0. The van der Waals surface area contributed by atoms with E-state index < -0.39 is 11.9 Å². The quantitative estimate of drug-likeness (QED) is 0.773. The van der Waals surface area contributed by atoms with Crippen molar-refractivity contribution in [1.82, 2.24) is 0 Å². The fourth-order valence-electron chi connectivity index (χ4n) is 2.00. The number of carbonyl (C=O) groups is 1. The highest BCUT2D eigenvalue weighted by molar-refractivity contribution is 5.83. The number of morpholine rings is 1. The minimum atomic E-state index is -0.756. The maximum atomic E-state index is 11.2. The van der Waals surface area contributed by atoms with Gasteiger partial charge in [-0.2, -0.15) is 0 Å². The molecular formula is C12H17N3O2. The summed E-state index contributed by atoms with van der Waals surface area (Å²) in [7, 11) is 0. The van der Waals surface area contributed by atoms with E-state index in [1.54, 1.807) is 0 Å². The van der Waals surface area contributed by atoms with Crippen LogP contribution in [0.15, 0.2) is 24.3 Å². The zero-order valence-electron chi connectivity index (χ0n) is 9.63. The van der Waals surface area contributed by atoms with E-state index in [4.69, 9.17) is 16.2 Å². The fraction of sp³-hybridized carbons (Fsp3) is 0.417. The molecule has 17 heavy (non-hydrogen) atoms. The van der Waals surface area contributed by atoms with Gasteiger partial charge in [-0.1, -0.05) is 18.2 Å².